The normalized spacial score (nSPS) is 10.7. The number of anilines is 2. The lowest BCUT2D eigenvalue weighted by molar-refractivity contribution is -0.119. The summed E-state index contributed by atoms with van der Waals surface area (Å²) in [5.74, 6) is 0.0397. The van der Waals surface area contributed by atoms with Crippen LogP contribution in [0, 0.1) is 5.92 Å². The average Bonchev–Trinajstić information content (AvgIpc) is 3.08. The van der Waals surface area contributed by atoms with Crippen LogP contribution >= 0.6 is 0 Å². The van der Waals surface area contributed by atoms with E-state index in [2.05, 4.69) is 20.8 Å². The summed E-state index contributed by atoms with van der Waals surface area (Å²) in [7, 11) is 0. The molecule has 2 amide bonds. The van der Waals surface area contributed by atoms with Crippen molar-refractivity contribution in [3.63, 3.8) is 0 Å². The fourth-order valence-electron chi connectivity index (χ4n) is 2.31. The first-order chi connectivity index (χ1) is 12.5. The number of hydrogen-bond donors (Lipinski definition) is 3. The van der Waals surface area contributed by atoms with Crippen LogP contribution in [-0.4, -0.2) is 28.6 Å². The number of ether oxygens (including phenoxy) is 1. The lowest BCUT2D eigenvalue weighted by Crippen LogP contribution is -2.20. The maximum Gasteiger partial charge on any atom is 0.262 e. The van der Waals surface area contributed by atoms with Crippen molar-refractivity contribution < 1.29 is 14.3 Å². The molecule has 0 aliphatic rings. The number of nitrogens with one attached hydrogen (secondary N) is 3. The predicted octanol–water partition coefficient (Wildman–Crippen LogP) is 3.17. The van der Waals surface area contributed by atoms with Gasteiger partial charge in [0, 0.05) is 28.7 Å². The number of rotatable bonds is 6. The van der Waals surface area contributed by atoms with Gasteiger partial charge in [-0.3, -0.25) is 14.7 Å². The van der Waals surface area contributed by atoms with Crippen LogP contribution < -0.4 is 15.4 Å². The Kier molecular flexibility index (Phi) is 5.17. The molecule has 0 fully saturated rings. The van der Waals surface area contributed by atoms with Crippen LogP contribution in [-0.2, 0) is 9.59 Å². The summed E-state index contributed by atoms with van der Waals surface area (Å²) in [5, 5.41) is 13.3. The largest absolute Gasteiger partial charge is 0.484 e. The van der Waals surface area contributed by atoms with Crippen LogP contribution in [0.5, 0.6) is 5.75 Å². The van der Waals surface area contributed by atoms with E-state index in [4.69, 9.17) is 4.74 Å². The standard InChI is InChI=1S/C19H20N4O3/c1-12(2)19(25)22-14-4-3-5-16(8-14)26-11-18(24)21-15-7-6-13-10-20-23-17(13)9-15/h3-10,12H,11H2,1-2H3,(H,20,23)(H,21,24)(H,22,25). The Balaban J connectivity index is 1.56. The van der Waals surface area contributed by atoms with E-state index < -0.39 is 0 Å². The third-order valence-corrected chi connectivity index (χ3v) is 3.72. The molecule has 0 bridgehead atoms. The van der Waals surface area contributed by atoms with E-state index in [1.165, 1.54) is 0 Å². The van der Waals surface area contributed by atoms with E-state index in [0.717, 1.165) is 10.9 Å². The van der Waals surface area contributed by atoms with Crippen molar-refractivity contribution in [2.24, 2.45) is 5.92 Å². The summed E-state index contributed by atoms with van der Waals surface area (Å²) < 4.78 is 5.51. The van der Waals surface area contributed by atoms with Crippen molar-refractivity contribution in [3.05, 3.63) is 48.7 Å². The number of carbonyl (C=O) groups is 2. The summed E-state index contributed by atoms with van der Waals surface area (Å²) in [6.07, 6.45) is 1.72. The molecule has 134 valence electrons. The molecule has 3 aromatic rings. The Bertz CT molecular complexity index is 933. The van der Waals surface area contributed by atoms with Crippen LogP contribution in [0.15, 0.2) is 48.7 Å². The van der Waals surface area contributed by atoms with Gasteiger partial charge in [0.15, 0.2) is 6.61 Å². The molecule has 0 saturated carbocycles. The number of aromatic nitrogens is 2. The second kappa shape index (κ2) is 7.69. The van der Waals surface area contributed by atoms with Crippen molar-refractivity contribution in [1.82, 2.24) is 10.2 Å². The minimum absolute atomic E-state index is 0.0749. The van der Waals surface area contributed by atoms with Crippen molar-refractivity contribution >= 4 is 34.1 Å². The quantitative estimate of drug-likeness (QED) is 0.635. The van der Waals surface area contributed by atoms with E-state index in [0.29, 0.717) is 17.1 Å². The lowest BCUT2D eigenvalue weighted by atomic mass is 10.2. The van der Waals surface area contributed by atoms with Gasteiger partial charge in [0.2, 0.25) is 5.91 Å². The van der Waals surface area contributed by atoms with Gasteiger partial charge in [-0.05, 0) is 30.3 Å². The number of hydrogen-bond acceptors (Lipinski definition) is 4. The van der Waals surface area contributed by atoms with Gasteiger partial charge < -0.3 is 15.4 Å². The van der Waals surface area contributed by atoms with Crippen LogP contribution in [0.1, 0.15) is 13.8 Å². The van der Waals surface area contributed by atoms with E-state index >= 15 is 0 Å². The second-order valence-electron chi connectivity index (χ2n) is 6.18. The first-order valence-electron chi connectivity index (χ1n) is 8.28. The number of nitrogens with zero attached hydrogens (tertiary/aromatic N) is 1. The third kappa shape index (κ3) is 4.38. The molecule has 0 aliphatic carbocycles. The van der Waals surface area contributed by atoms with E-state index in [1.807, 2.05) is 26.0 Å². The van der Waals surface area contributed by atoms with Gasteiger partial charge in [0.1, 0.15) is 5.75 Å². The molecule has 0 saturated heterocycles. The number of benzene rings is 2. The molecule has 0 aliphatic heterocycles. The molecule has 3 N–H and O–H groups in total. The minimum Gasteiger partial charge on any atom is -0.484 e. The van der Waals surface area contributed by atoms with Crippen molar-refractivity contribution in [3.8, 4) is 5.75 Å². The molecule has 0 atom stereocenters. The van der Waals surface area contributed by atoms with Gasteiger partial charge in [0.25, 0.3) is 5.91 Å². The highest BCUT2D eigenvalue weighted by Crippen LogP contribution is 2.19. The Morgan fingerprint density at radius 2 is 1.92 bits per heavy atom. The molecule has 0 unspecified atom stereocenters. The van der Waals surface area contributed by atoms with E-state index in [1.54, 1.807) is 36.5 Å². The Morgan fingerprint density at radius 1 is 1.12 bits per heavy atom. The van der Waals surface area contributed by atoms with Crippen LogP contribution in [0.4, 0.5) is 11.4 Å². The second-order valence-corrected chi connectivity index (χ2v) is 6.18. The SMILES string of the molecule is CC(C)C(=O)Nc1cccc(OCC(=O)Nc2ccc3cn[nH]c3c2)c1. The van der Waals surface area contributed by atoms with Gasteiger partial charge in [-0.15, -0.1) is 0 Å². The van der Waals surface area contributed by atoms with Crippen LogP contribution in [0.25, 0.3) is 10.9 Å². The maximum absolute atomic E-state index is 12.1. The van der Waals surface area contributed by atoms with Gasteiger partial charge in [-0.25, -0.2) is 0 Å². The molecule has 7 heteroatoms. The predicted molar refractivity (Wildman–Crippen MR) is 100 cm³/mol. The fourth-order valence-corrected chi connectivity index (χ4v) is 2.31. The van der Waals surface area contributed by atoms with Crippen molar-refractivity contribution in [1.29, 1.82) is 0 Å². The van der Waals surface area contributed by atoms with Crippen molar-refractivity contribution in [2.45, 2.75) is 13.8 Å². The molecule has 26 heavy (non-hydrogen) atoms. The Labute approximate surface area is 150 Å². The van der Waals surface area contributed by atoms with E-state index in [-0.39, 0.29) is 24.3 Å². The highest BCUT2D eigenvalue weighted by molar-refractivity contribution is 5.94. The zero-order chi connectivity index (χ0) is 18.5. The maximum atomic E-state index is 12.1. The number of H-pyrrole nitrogens is 1. The van der Waals surface area contributed by atoms with Crippen LogP contribution in [0.2, 0.25) is 0 Å². The molecule has 7 nitrogen and oxygen atoms in total. The van der Waals surface area contributed by atoms with Crippen molar-refractivity contribution in [2.75, 3.05) is 17.2 Å². The molecular formula is C19H20N4O3. The molecule has 3 rings (SSSR count). The zero-order valence-corrected chi connectivity index (χ0v) is 14.6. The first-order valence-corrected chi connectivity index (χ1v) is 8.28. The third-order valence-electron chi connectivity index (χ3n) is 3.72. The lowest BCUT2D eigenvalue weighted by Gasteiger charge is -2.11. The summed E-state index contributed by atoms with van der Waals surface area (Å²) in [6, 6.07) is 12.4. The summed E-state index contributed by atoms with van der Waals surface area (Å²) in [6.45, 7) is 3.50. The molecule has 0 radical (unpaired) electrons. The highest BCUT2D eigenvalue weighted by atomic mass is 16.5. The topological polar surface area (TPSA) is 96.1 Å². The molecule has 0 spiro atoms. The van der Waals surface area contributed by atoms with E-state index in [9.17, 15) is 9.59 Å². The minimum atomic E-state index is -0.277. The average molecular weight is 352 g/mol. The summed E-state index contributed by atoms with van der Waals surface area (Å²) in [5.41, 5.74) is 2.14. The molecule has 2 aromatic carbocycles. The van der Waals surface area contributed by atoms with Gasteiger partial charge in [-0.2, -0.15) is 5.10 Å². The summed E-state index contributed by atoms with van der Waals surface area (Å²) >= 11 is 0. The number of aromatic amines is 1. The van der Waals surface area contributed by atoms with Gasteiger partial charge >= 0.3 is 0 Å². The number of carbonyl (C=O) groups excluding carboxylic acids is 2. The van der Waals surface area contributed by atoms with Gasteiger partial charge in [-0.1, -0.05) is 19.9 Å². The summed E-state index contributed by atoms with van der Waals surface area (Å²) in [4.78, 5) is 23.8. The van der Waals surface area contributed by atoms with Crippen LogP contribution in [0.3, 0.4) is 0 Å². The Morgan fingerprint density at radius 3 is 2.73 bits per heavy atom. The monoisotopic (exact) mass is 352 g/mol. The number of fused-ring (bicyclic) bond motifs is 1. The number of amides is 2. The first kappa shape index (κ1) is 17.5. The zero-order valence-electron chi connectivity index (χ0n) is 14.6. The molecule has 1 heterocycles. The fraction of sp³-hybridized carbons (Fsp3) is 0.211. The smallest absolute Gasteiger partial charge is 0.262 e. The Hall–Kier alpha value is -3.35. The van der Waals surface area contributed by atoms with Gasteiger partial charge in [0.05, 0.1) is 11.7 Å². The molecule has 1 aromatic heterocycles. The molecular weight excluding hydrogens is 332 g/mol. The highest BCUT2D eigenvalue weighted by Gasteiger charge is 2.09.